The van der Waals surface area contributed by atoms with Crippen molar-refractivity contribution < 1.29 is 18.7 Å². The van der Waals surface area contributed by atoms with E-state index in [1.165, 1.54) is 6.07 Å². The fraction of sp³-hybridized carbons (Fsp3) is 0.355. The molecule has 0 aliphatic carbocycles. The zero-order chi connectivity index (χ0) is 29.1. The highest BCUT2D eigenvalue weighted by molar-refractivity contribution is 6.30. The number of rotatable bonds is 9. The number of halogens is 3. The molecule has 224 valence electrons. The minimum absolute atomic E-state index is 0. The van der Waals surface area contributed by atoms with Crippen LogP contribution in [0.4, 0.5) is 15.8 Å². The van der Waals surface area contributed by atoms with Crippen LogP contribution in [0.3, 0.4) is 0 Å². The first-order chi connectivity index (χ1) is 19.8. The second kappa shape index (κ2) is 13.5. The zero-order valence-electron chi connectivity index (χ0n) is 24.2. The molecule has 2 aromatic heterocycles. The van der Waals surface area contributed by atoms with Crippen molar-refractivity contribution in [2.24, 2.45) is 0 Å². The van der Waals surface area contributed by atoms with E-state index < -0.39 is 0 Å². The van der Waals surface area contributed by atoms with Crippen LogP contribution in [-0.4, -0.2) is 54.7 Å². The molecule has 5 rings (SSSR count). The van der Waals surface area contributed by atoms with Crippen molar-refractivity contribution in [1.82, 2.24) is 14.7 Å². The first kappa shape index (κ1) is 31.3. The highest BCUT2D eigenvalue weighted by atomic mass is 35.5. The number of piperazine rings is 1. The van der Waals surface area contributed by atoms with E-state index in [0.717, 1.165) is 18.0 Å². The van der Waals surface area contributed by atoms with E-state index in [9.17, 15) is 4.79 Å². The maximum Gasteiger partial charge on any atom is 0.270 e. The molecule has 11 heteroatoms. The number of carbonyl (C=O) groups excluding carboxylic acids is 1. The number of aryl methyl sites for hydroxylation is 1. The van der Waals surface area contributed by atoms with Gasteiger partial charge in [0.1, 0.15) is 17.2 Å². The Morgan fingerprint density at radius 3 is 2.62 bits per heavy atom. The molecule has 2 aromatic carbocycles. The van der Waals surface area contributed by atoms with Gasteiger partial charge in [-0.3, -0.25) is 9.20 Å². The number of pyridine rings is 1. The number of benzene rings is 2. The van der Waals surface area contributed by atoms with Crippen molar-refractivity contribution >= 4 is 46.9 Å². The molecule has 1 amide bonds. The first-order valence-electron chi connectivity index (χ1n) is 13.9. The Bertz CT molecular complexity index is 1560. The van der Waals surface area contributed by atoms with Gasteiger partial charge in [0.15, 0.2) is 11.5 Å². The molecule has 0 bridgehead atoms. The number of hydrogen-bond acceptors (Lipinski definition) is 6. The summed E-state index contributed by atoms with van der Waals surface area (Å²) in [7, 11) is 1.64. The van der Waals surface area contributed by atoms with Gasteiger partial charge in [0.25, 0.3) is 5.91 Å². The monoisotopic (exact) mass is 615 g/mol. The second-order valence-electron chi connectivity index (χ2n) is 10.1. The summed E-state index contributed by atoms with van der Waals surface area (Å²) in [6, 6.07) is 14.8. The van der Waals surface area contributed by atoms with Crippen LogP contribution in [0.25, 0.3) is 5.65 Å². The topological polar surface area (TPSA) is 71.3 Å². The van der Waals surface area contributed by atoms with E-state index in [2.05, 4.69) is 27.0 Å². The van der Waals surface area contributed by atoms with Crippen LogP contribution in [0.5, 0.6) is 11.5 Å². The van der Waals surface area contributed by atoms with Crippen molar-refractivity contribution in [1.29, 1.82) is 0 Å². The Hall–Kier alpha value is -3.69. The van der Waals surface area contributed by atoms with Gasteiger partial charge in [-0.25, -0.2) is 9.37 Å². The van der Waals surface area contributed by atoms with Gasteiger partial charge in [0.05, 0.1) is 30.1 Å². The molecule has 0 unspecified atom stereocenters. The Balaban J connectivity index is 0.00000405. The fourth-order valence-electron chi connectivity index (χ4n) is 5.41. The third kappa shape index (κ3) is 6.37. The highest BCUT2D eigenvalue weighted by Gasteiger charge is 2.26. The van der Waals surface area contributed by atoms with E-state index in [4.69, 9.17) is 21.1 Å². The molecule has 1 N–H and O–H groups in total. The van der Waals surface area contributed by atoms with Crippen LogP contribution in [-0.2, 0) is 13.0 Å². The molecule has 1 atom stereocenters. The molecular formula is C31H36Cl2FN5O3. The maximum absolute atomic E-state index is 15.3. The summed E-state index contributed by atoms with van der Waals surface area (Å²) in [6.07, 6.45) is 2.28. The average molecular weight is 617 g/mol. The van der Waals surface area contributed by atoms with Gasteiger partial charge in [0, 0.05) is 50.2 Å². The SMILES string of the molecule is CCOc1ccc(N2CCN(c3ccc(CNC(=O)c4c(CC)nc5ccc(Cl)cn45)cc3F)C[C@@H]2C)cc1OC.Cl. The molecular weight excluding hydrogens is 580 g/mol. The number of nitrogens with zero attached hydrogens (tertiary/aromatic N) is 4. The number of methoxy groups -OCH3 is 1. The van der Waals surface area contributed by atoms with Crippen molar-refractivity contribution in [3.8, 4) is 11.5 Å². The molecule has 1 fully saturated rings. The van der Waals surface area contributed by atoms with Crippen molar-refractivity contribution in [2.45, 2.75) is 39.8 Å². The number of anilines is 2. The van der Waals surface area contributed by atoms with Crippen LogP contribution in [0.2, 0.25) is 5.02 Å². The minimum Gasteiger partial charge on any atom is -0.493 e. The Morgan fingerprint density at radius 1 is 1.12 bits per heavy atom. The molecule has 4 aromatic rings. The predicted octanol–water partition coefficient (Wildman–Crippen LogP) is 6.16. The number of nitrogens with one attached hydrogen (secondary N) is 1. The summed E-state index contributed by atoms with van der Waals surface area (Å²) in [5.74, 6) is 0.828. The van der Waals surface area contributed by atoms with Gasteiger partial charge >= 0.3 is 0 Å². The quantitative estimate of drug-likeness (QED) is 0.243. The van der Waals surface area contributed by atoms with Crippen LogP contribution >= 0.6 is 24.0 Å². The smallest absolute Gasteiger partial charge is 0.270 e. The molecule has 1 saturated heterocycles. The summed E-state index contributed by atoms with van der Waals surface area (Å²) < 4.78 is 28.2. The molecule has 0 saturated carbocycles. The normalized spacial score (nSPS) is 15.0. The summed E-state index contributed by atoms with van der Waals surface area (Å²) >= 11 is 6.16. The lowest BCUT2D eigenvalue weighted by atomic mass is 10.1. The molecule has 3 heterocycles. The molecule has 1 aliphatic rings. The lowest BCUT2D eigenvalue weighted by molar-refractivity contribution is 0.0944. The van der Waals surface area contributed by atoms with Crippen molar-refractivity contribution in [3.05, 3.63) is 82.5 Å². The van der Waals surface area contributed by atoms with Gasteiger partial charge < -0.3 is 24.6 Å². The van der Waals surface area contributed by atoms with Crippen LogP contribution in [0.1, 0.15) is 42.5 Å². The summed E-state index contributed by atoms with van der Waals surface area (Å²) in [4.78, 5) is 22.0. The molecule has 8 nitrogen and oxygen atoms in total. The zero-order valence-corrected chi connectivity index (χ0v) is 25.8. The molecule has 1 aliphatic heterocycles. The van der Waals surface area contributed by atoms with E-state index in [1.54, 1.807) is 35.9 Å². The Kier molecular flexibility index (Phi) is 10.1. The van der Waals surface area contributed by atoms with Crippen molar-refractivity contribution in [2.75, 3.05) is 43.2 Å². The molecule has 0 spiro atoms. The largest absolute Gasteiger partial charge is 0.493 e. The second-order valence-corrected chi connectivity index (χ2v) is 10.5. The third-order valence-electron chi connectivity index (χ3n) is 7.42. The van der Waals surface area contributed by atoms with Gasteiger partial charge in [-0.05, 0) is 62.2 Å². The van der Waals surface area contributed by atoms with Crippen LogP contribution in [0, 0.1) is 5.82 Å². The standard InChI is InChI=1S/C31H35ClFN5O3.ClH/c1-5-25-30(38-19-22(32)8-12-29(38)35-25)31(39)34-17-21-7-10-26(24(33)15-21)36-13-14-37(20(3)18-36)23-9-11-27(41-6-2)28(16-23)40-4;/h7-12,15-16,19-20H,5-6,13-14,17-18H2,1-4H3,(H,34,39);1H/t20-;/m0./s1. The van der Waals surface area contributed by atoms with Crippen LogP contribution in [0.15, 0.2) is 54.7 Å². The van der Waals surface area contributed by atoms with Gasteiger partial charge in [0.2, 0.25) is 0 Å². The van der Waals surface area contributed by atoms with Gasteiger partial charge in [-0.2, -0.15) is 0 Å². The van der Waals surface area contributed by atoms with Gasteiger partial charge in [-0.15, -0.1) is 12.4 Å². The van der Waals surface area contributed by atoms with E-state index in [0.29, 0.717) is 65.2 Å². The molecule has 0 radical (unpaired) electrons. The lowest BCUT2D eigenvalue weighted by Gasteiger charge is -2.42. The van der Waals surface area contributed by atoms with Crippen molar-refractivity contribution in [3.63, 3.8) is 0 Å². The predicted molar refractivity (Wildman–Crippen MR) is 168 cm³/mol. The summed E-state index contributed by atoms with van der Waals surface area (Å²) in [5, 5.41) is 3.43. The van der Waals surface area contributed by atoms with Gasteiger partial charge in [-0.1, -0.05) is 24.6 Å². The van der Waals surface area contributed by atoms with Crippen LogP contribution < -0.4 is 24.6 Å². The molecule has 42 heavy (non-hydrogen) atoms. The number of ether oxygens (including phenoxy) is 2. The number of aromatic nitrogens is 2. The number of carbonyl (C=O) groups is 1. The first-order valence-corrected chi connectivity index (χ1v) is 14.3. The number of fused-ring (bicyclic) bond motifs is 1. The number of amides is 1. The van der Waals surface area contributed by atoms with E-state index in [-0.39, 0.29) is 36.7 Å². The fourth-order valence-corrected chi connectivity index (χ4v) is 5.57. The summed E-state index contributed by atoms with van der Waals surface area (Å²) in [6.45, 7) is 8.85. The number of hydrogen-bond donors (Lipinski definition) is 1. The van der Waals surface area contributed by atoms with E-state index in [1.807, 2.05) is 38.1 Å². The minimum atomic E-state index is -0.309. The maximum atomic E-state index is 15.3. The highest BCUT2D eigenvalue weighted by Crippen LogP contribution is 2.34. The Morgan fingerprint density at radius 2 is 1.93 bits per heavy atom. The van der Waals surface area contributed by atoms with E-state index >= 15 is 4.39 Å². The third-order valence-corrected chi connectivity index (χ3v) is 7.64. The number of imidazole rings is 1. The Labute approximate surface area is 256 Å². The average Bonchev–Trinajstić information content (AvgIpc) is 3.34. The summed E-state index contributed by atoms with van der Waals surface area (Å²) in [5.41, 5.74) is 4.06. The lowest BCUT2D eigenvalue weighted by Crippen LogP contribution is -2.52.